The topological polar surface area (TPSA) is 87.7 Å². The zero-order valence-corrected chi connectivity index (χ0v) is 21.8. The third-order valence-electron chi connectivity index (χ3n) is 7.81. The Hall–Kier alpha value is -2.95. The van der Waals surface area contributed by atoms with E-state index in [0.29, 0.717) is 31.3 Å². The summed E-state index contributed by atoms with van der Waals surface area (Å²) in [5.74, 6) is -0.801. The van der Waals surface area contributed by atoms with Gasteiger partial charge in [0.2, 0.25) is 5.91 Å². The van der Waals surface area contributed by atoms with Crippen molar-refractivity contribution in [3.05, 3.63) is 30.1 Å². The molecule has 2 heterocycles. The van der Waals surface area contributed by atoms with Crippen LogP contribution in [0.5, 0.6) is 0 Å². The van der Waals surface area contributed by atoms with Gasteiger partial charge in [0.05, 0.1) is 24.1 Å². The van der Waals surface area contributed by atoms with Crippen LogP contribution in [-0.2, 0) is 20.5 Å². The number of hydrogen-bond donors (Lipinski definition) is 1. The van der Waals surface area contributed by atoms with E-state index in [0.717, 1.165) is 18.6 Å². The van der Waals surface area contributed by atoms with Gasteiger partial charge in [0.25, 0.3) is 0 Å². The van der Waals surface area contributed by atoms with E-state index in [2.05, 4.69) is 48.0 Å². The molecule has 4 rings (SSSR count). The fourth-order valence-electron chi connectivity index (χ4n) is 5.49. The number of amides is 1. The second kappa shape index (κ2) is 10.1. The Balaban J connectivity index is 1.53. The molecule has 11 heteroatoms. The maximum absolute atomic E-state index is 13.5. The third kappa shape index (κ3) is 5.51. The number of esters is 1. The summed E-state index contributed by atoms with van der Waals surface area (Å²) in [4.78, 5) is 38.5. The first-order chi connectivity index (χ1) is 17.3. The smallest absolute Gasteiger partial charge is 0.416 e. The number of aromatic nitrogens is 2. The molecule has 0 radical (unpaired) electrons. The van der Waals surface area contributed by atoms with Crippen molar-refractivity contribution in [3.8, 4) is 0 Å². The highest BCUT2D eigenvalue weighted by Crippen LogP contribution is 2.37. The number of nitrogens with zero attached hydrogens (tertiary/aromatic N) is 4. The van der Waals surface area contributed by atoms with E-state index < -0.39 is 23.7 Å². The highest BCUT2D eigenvalue weighted by atomic mass is 19.4. The van der Waals surface area contributed by atoms with Crippen LogP contribution in [0.3, 0.4) is 0 Å². The van der Waals surface area contributed by atoms with Gasteiger partial charge in [-0.3, -0.25) is 14.5 Å². The monoisotopic (exact) mass is 521 g/mol. The molecule has 1 N–H and O–H groups in total. The first-order valence-electron chi connectivity index (χ1n) is 12.5. The van der Waals surface area contributed by atoms with Crippen molar-refractivity contribution in [1.82, 2.24) is 19.8 Å². The molecule has 0 spiro atoms. The van der Waals surface area contributed by atoms with Gasteiger partial charge in [0.1, 0.15) is 18.2 Å². The van der Waals surface area contributed by atoms with Crippen LogP contribution in [-0.4, -0.2) is 76.0 Å². The fourth-order valence-corrected chi connectivity index (χ4v) is 5.49. The number of methoxy groups -OCH3 is 1. The van der Waals surface area contributed by atoms with Gasteiger partial charge in [0, 0.05) is 29.6 Å². The molecule has 2 aliphatic rings. The maximum atomic E-state index is 13.5. The molecule has 202 valence electrons. The maximum Gasteiger partial charge on any atom is 0.416 e. The minimum absolute atomic E-state index is 0.0665. The van der Waals surface area contributed by atoms with Gasteiger partial charge in [-0.25, -0.2) is 9.97 Å². The molecular weight excluding hydrogens is 487 g/mol. The Bertz CT molecular complexity index is 1170. The van der Waals surface area contributed by atoms with E-state index in [9.17, 15) is 22.8 Å². The van der Waals surface area contributed by atoms with Crippen LogP contribution in [0.4, 0.5) is 19.0 Å². The Kier molecular flexibility index (Phi) is 7.38. The van der Waals surface area contributed by atoms with Crippen LogP contribution in [0.15, 0.2) is 24.5 Å². The summed E-state index contributed by atoms with van der Waals surface area (Å²) in [5, 5.41) is 3.25. The zero-order chi connectivity index (χ0) is 27.1. The molecule has 0 bridgehead atoms. The van der Waals surface area contributed by atoms with Crippen molar-refractivity contribution < 1.29 is 27.5 Å². The quantitative estimate of drug-likeness (QED) is 0.593. The number of fused-ring (bicyclic) bond motifs is 1. The van der Waals surface area contributed by atoms with Gasteiger partial charge in [0.15, 0.2) is 0 Å². The number of rotatable bonds is 5. The van der Waals surface area contributed by atoms with E-state index in [1.165, 1.54) is 19.5 Å². The van der Waals surface area contributed by atoms with Gasteiger partial charge in [-0.15, -0.1) is 0 Å². The molecule has 8 nitrogen and oxygen atoms in total. The molecule has 1 aliphatic carbocycles. The average Bonchev–Trinajstić information content (AvgIpc) is 3.21. The lowest BCUT2D eigenvalue weighted by molar-refractivity contribution is -0.152. The number of carbonyl (C=O) groups excluding carboxylic acids is 2. The molecule has 1 aromatic carbocycles. The lowest BCUT2D eigenvalue weighted by Crippen LogP contribution is -2.55. The molecule has 2 fully saturated rings. The molecule has 1 aliphatic heterocycles. The number of likely N-dealkylation sites (tertiary alicyclic amines) is 1. The standard InChI is InChI=1S/C26H34F3N5O3/c1-25(2,3)33(4)16-7-9-21(18(13-16)24(36)37-5)34-11-10-20(23(34)35)32-22-17-12-15(26(27,28)29)6-8-19(17)30-14-31-22/h6,8,12,14,16,18,20-21H,7,9-11,13H2,1-5H3,(H,30,31,32)/t16-,18-,20?,21+/m1/s1. The third-order valence-corrected chi connectivity index (χ3v) is 7.81. The first kappa shape index (κ1) is 27.1. The van der Waals surface area contributed by atoms with Crippen molar-refractivity contribution in [2.45, 2.75) is 76.3 Å². The molecule has 1 saturated carbocycles. The predicted molar refractivity (Wildman–Crippen MR) is 133 cm³/mol. The number of halogens is 3. The van der Waals surface area contributed by atoms with E-state index in [1.807, 2.05) is 0 Å². The summed E-state index contributed by atoms with van der Waals surface area (Å²) < 4.78 is 45.0. The highest BCUT2D eigenvalue weighted by Gasteiger charge is 2.46. The van der Waals surface area contributed by atoms with Gasteiger partial charge >= 0.3 is 12.1 Å². The summed E-state index contributed by atoms with van der Waals surface area (Å²) in [7, 11) is 3.42. The lowest BCUT2D eigenvalue weighted by atomic mass is 9.79. The van der Waals surface area contributed by atoms with Crippen LogP contribution in [0.2, 0.25) is 0 Å². The number of hydrogen-bond acceptors (Lipinski definition) is 7. The van der Waals surface area contributed by atoms with Crippen molar-refractivity contribution >= 4 is 28.6 Å². The molecule has 1 unspecified atom stereocenters. The summed E-state index contributed by atoms with van der Waals surface area (Å²) >= 11 is 0. The molecule has 1 saturated heterocycles. The predicted octanol–water partition coefficient (Wildman–Crippen LogP) is 4.10. The molecule has 1 amide bonds. The largest absolute Gasteiger partial charge is 0.469 e. The van der Waals surface area contributed by atoms with E-state index in [1.54, 1.807) is 4.90 Å². The Morgan fingerprint density at radius 2 is 1.89 bits per heavy atom. The van der Waals surface area contributed by atoms with Crippen LogP contribution >= 0.6 is 0 Å². The molecule has 2 aromatic rings. The normalized spacial score (nSPS) is 25.1. The Morgan fingerprint density at radius 3 is 2.54 bits per heavy atom. The van der Waals surface area contributed by atoms with E-state index >= 15 is 0 Å². The minimum atomic E-state index is -4.51. The van der Waals surface area contributed by atoms with Crippen molar-refractivity contribution in [3.63, 3.8) is 0 Å². The van der Waals surface area contributed by atoms with Gasteiger partial charge in [-0.1, -0.05) is 0 Å². The lowest BCUT2D eigenvalue weighted by Gasteiger charge is -2.46. The first-order valence-corrected chi connectivity index (χ1v) is 12.5. The number of anilines is 1. The molecule has 37 heavy (non-hydrogen) atoms. The minimum Gasteiger partial charge on any atom is -0.469 e. The number of alkyl halides is 3. The second-order valence-corrected chi connectivity index (χ2v) is 10.9. The molecule has 4 atom stereocenters. The van der Waals surface area contributed by atoms with Crippen LogP contribution in [0.25, 0.3) is 10.9 Å². The molecular formula is C26H34F3N5O3. The average molecular weight is 522 g/mol. The SMILES string of the molecule is COC(=O)[C@@H]1C[C@H](N(C)C(C)(C)C)CC[C@@H]1N1CCC(Nc2ncnc3ccc(C(F)(F)F)cc23)C1=O. The summed E-state index contributed by atoms with van der Waals surface area (Å²) in [6.07, 6.45) is -0.721. The van der Waals surface area contributed by atoms with Crippen molar-refractivity contribution in [2.24, 2.45) is 5.92 Å². The zero-order valence-electron chi connectivity index (χ0n) is 21.8. The highest BCUT2D eigenvalue weighted by molar-refractivity contribution is 5.93. The van der Waals surface area contributed by atoms with Crippen molar-refractivity contribution in [2.75, 3.05) is 26.0 Å². The van der Waals surface area contributed by atoms with Gasteiger partial charge in [-0.05, 0) is 71.7 Å². The van der Waals surface area contributed by atoms with Gasteiger partial charge < -0.3 is 15.0 Å². The summed E-state index contributed by atoms with van der Waals surface area (Å²) in [6, 6.07) is 2.48. The molecule has 1 aromatic heterocycles. The number of ether oxygens (including phenoxy) is 1. The Labute approximate surface area is 214 Å². The van der Waals surface area contributed by atoms with Crippen molar-refractivity contribution in [1.29, 1.82) is 0 Å². The van der Waals surface area contributed by atoms with E-state index in [-0.39, 0.29) is 40.7 Å². The van der Waals surface area contributed by atoms with E-state index in [4.69, 9.17) is 4.74 Å². The number of nitrogens with one attached hydrogen (secondary N) is 1. The number of carbonyl (C=O) groups is 2. The van der Waals surface area contributed by atoms with Crippen LogP contribution < -0.4 is 5.32 Å². The number of benzene rings is 1. The van der Waals surface area contributed by atoms with Crippen LogP contribution in [0, 0.1) is 5.92 Å². The fraction of sp³-hybridized carbons (Fsp3) is 0.615. The summed E-state index contributed by atoms with van der Waals surface area (Å²) in [6.45, 7) is 6.81. The van der Waals surface area contributed by atoms with Gasteiger partial charge in [-0.2, -0.15) is 13.2 Å². The second-order valence-electron chi connectivity index (χ2n) is 10.9. The van der Waals surface area contributed by atoms with Crippen LogP contribution in [0.1, 0.15) is 52.0 Å². The Morgan fingerprint density at radius 1 is 1.16 bits per heavy atom. The summed E-state index contributed by atoms with van der Waals surface area (Å²) in [5.41, 5.74) is -0.530.